The zero-order chi connectivity index (χ0) is 20.5. The molecule has 144 valence electrons. The van der Waals surface area contributed by atoms with E-state index in [1.807, 2.05) is 31.2 Å². The largest absolute Gasteiger partial charge is 0.457 e. The number of hydrogen-bond acceptors (Lipinski definition) is 4. The molecule has 3 aromatic rings. The number of aryl methyl sites for hydroxylation is 1. The van der Waals surface area contributed by atoms with Crippen molar-refractivity contribution in [2.24, 2.45) is 0 Å². The van der Waals surface area contributed by atoms with Crippen LogP contribution in [0.15, 0.2) is 75.1 Å². The second-order valence-corrected chi connectivity index (χ2v) is 7.72. The quantitative estimate of drug-likeness (QED) is 0.340. The van der Waals surface area contributed by atoms with Gasteiger partial charge in [0.15, 0.2) is 5.11 Å². The molecule has 2 amide bonds. The van der Waals surface area contributed by atoms with Crippen molar-refractivity contribution in [1.82, 2.24) is 5.32 Å². The van der Waals surface area contributed by atoms with E-state index in [4.69, 9.17) is 16.6 Å². The molecule has 0 atom stereocenters. The van der Waals surface area contributed by atoms with E-state index in [1.165, 1.54) is 11.0 Å². The number of carbonyl (C=O) groups is 2. The van der Waals surface area contributed by atoms with Crippen molar-refractivity contribution in [3.8, 4) is 11.3 Å². The fraction of sp³-hybridized carbons (Fsp3) is 0.0455. The molecule has 1 saturated heterocycles. The molecule has 4 rings (SSSR count). The Balaban J connectivity index is 1.68. The van der Waals surface area contributed by atoms with Crippen LogP contribution in [0.4, 0.5) is 5.69 Å². The van der Waals surface area contributed by atoms with Gasteiger partial charge >= 0.3 is 0 Å². The maximum atomic E-state index is 13.0. The third-order valence-electron chi connectivity index (χ3n) is 4.42. The first-order valence-electron chi connectivity index (χ1n) is 8.77. The summed E-state index contributed by atoms with van der Waals surface area (Å²) < 4.78 is 6.77. The summed E-state index contributed by atoms with van der Waals surface area (Å²) in [6, 6.07) is 18.4. The van der Waals surface area contributed by atoms with Crippen LogP contribution in [0.1, 0.15) is 11.3 Å². The number of halogens is 1. The minimum Gasteiger partial charge on any atom is -0.457 e. The maximum absolute atomic E-state index is 13.0. The minimum absolute atomic E-state index is 0.0482. The van der Waals surface area contributed by atoms with Crippen molar-refractivity contribution in [3.63, 3.8) is 0 Å². The first kappa shape index (κ1) is 19.3. The molecule has 0 spiro atoms. The van der Waals surface area contributed by atoms with Crippen LogP contribution >= 0.6 is 28.1 Å². The number of thiocarbonyl (C=S) groups is 1. The Kier molecular flexibility index (Phi) is 5.17. The molecule has 29 heavy (non-hydrogen) atoms. The molecule has 0 saturated carbocycles. The molecule has 0 bridgehead atoms. The summed E-state index contributed by atoms with van der Waals surface area (Å²) in [5, 5.41) is 2.61. The number of nitrogens with one attached hydrogen (secondary N) is 1. The smallest absolute Gasteiger partial charge is 0.270 e. The fourth-order valence-corrected chi connectivity index (χ4v) is 3.98. The van der Waals surface area contributed by atoms with Gasteiger partial charge in [-0.05, 0) is 67.2 Å². The highest BCUT2D eigenvalue weighted by Crippen LogP contribution is 2.31. The van der Waals surface area contributed by atoms with Gasteiger partial charge in [0, 0.05) is 10.0 Å². The van der Waals surface area contributed by atoms with E-state index in [0.717, 1.165) is 15.6 Å². The molecule has 2 aromatic carbocycles. The topological polar surface area (TPSA) is 62.6 Å². The van der Waals surface area contributed by atoms with E-state index in [9.17, 15) is 9.59 Å². The zero-order valence-electron chi connectivity index (χ0n) is 15.3. The molecule has 1 N–H and O–H groups in total. The van der Waals surface area contributed by atoms with Crippen molar-refractivity contribution in [2.45, 2.75) is 6.92 Å². The molecular formula is C22H15BrN2O3S. The molecular weight excluding hydrogens is 452 g/mol. The van der Waals surface area contributed by atoms with Crippen LogP contribution in [-0.2, 0) is 9.59 Å². The van der Waals surface area contributed by atoms with Crippen molar-refractivity contribution in [3.05, 3.63) is 82.0 Å². The van der Waals surface area contributed by atoms with Crippen LogP contribution in [-0.4, -0.2) is 16.9 Å². The molecule has 1 aliphatic heterocycles. The van der Waals surface area contributed by atoms with Gasteiger partial charge in [-0.25, -0.2) is 0 Å². The second kappa shape index (κ2) is 7.77. The summed E-state index contributed by atoms with van der Waals surface area (Å²) in [7, 11) is 0. The SMILES string of the molecule is Cc1ccc(-c2ccc(/C=C3/C(=O)NC(=S)N(c4ccccc4)C3=O)o2)c(Br)c1. The van der Waals surface area contributed by atoms with E-state index in [2.05, 4.69) is 21.2 Å². The van der Waals surface area contributed by atoms with Gasteiger partial charge in [0.1, 0.15) is 17.1 Å². The fourth-order valence-electron chi connectivity index (χ4n) is 3.01. The second-order valence-electron chi connectivity index (χ2n) is 6.48. The van der Waals surface area contributed by atoms with Crippen LogP contribution in [0.2, 0.25) is 0 Å². The molecule has 0 unspecified atom stereocenters. The van der Waals surface area contributed by atoms with E-state index >= 15 is 0 Å². The van der Waals surface area contributed by atoms with Crippen molar-refractivity contribution < 1.29 is 14.0 Å². The average molecular weight is 467 g/mol. The molecule has 1 aliphatic rings. The number of para-hydroxylation sites is 1. The Labute approximate surface area is 181 Å². The molecule has 1 aromatic heterocycles. The Morgan fingerprint density at radius 1 is 1.07 bits per heavy atom. The first-order chi connectivity index (χ1) is 13.9. The normalized spacial score (nSPS) is 15.7. The molecule has 0 radical (unpaired) electrons. The summed E-state index contributed by atoms with van der Waals surface area (Å²) >= 11 is 8.73. The summed E-state index contributed by atoms with van der Waals surface area (Å²) in [4.78, 5) is 26.7. The number of benzene rings is 2. The van der Waals surface area contributed by atoms with E-state index in [0.29, 0.717) is 17.2 Å². The van der Waals surface area contributed by atoms with Gasteiger partial charge in [-0.1, -0.05) is 40.2 Å². The number of amides is 2. The summed E-state index contributed by atoms with van der Waals surface area (Å²) in [5.41, 5.74) is 2.53. The van der Waals surface area contributed by atoms with Crippen molar-refractivity contribution in [1.29, 1.82) is 0 Å². The predicted molar refractivity (Wildman–Crippen MR) is 119 cm³/mol. The number of carbonyl (C=O) groups excluding carboxylic acids is 2. The number of rotatable bonds is 3. The molecule has 1 fully saturated rings. The van der Waals surface area contributed by atoms with E-state index in [1.54, 1.807) is 36.4 Å². The summed E-state index contributed by atoms with van der Waals surface area (Å²) in [6.45, 7) is 2.00. The number of hydrogen-bond donors (Lipinski definition) is 1. The molecule has 2 heterocycles. The zero-order valence-corrected chi connectivity index (χ0v) is 17.7. The maximum Gasteiger partial charge on any atom is 0.270 e. The monoisotopic (exact) mass is 466 g/mol. The van der Waals surface area contributed by atoms with Gasteiger partial charge in [-0.2, -0.15) is 0 Å². The van der Waals surface area contributed by atoms with Crippen molar-refractivity contribution >= 4 is 56.8 Å². The Hall–Kier alpha value is -3.03. The highest BCUT2D eigenvalue weighted by atomic mass is 79.9. The third-order valence-corrected chi connectivity index (χ3v) is 5.36. The highest BCUT2D eigenvalue weighted by Gasteiger charge is 2.34. The Morgan fingerprint density at radius 3 is 2.55 bits per heavy atom. The molecule has 7 heteroatoms. The lowest BCUT2D eigenvalue weighted by molar-refractivity contribution is -0.122. The standard InChI is InChI=1S/C22H15BrN2O3S/c1-13-7-9-16(18(23)11-13)19-10-8-15(28-19)12-17-20(26)24-22(29)25(21(17)27)14-5-3-2-4-6-14/h2-12H,1H3,(H,24,26,29)/b17-12-. The highest BCUT2D eigenvalue weighted by molar-refractivity contribution is 9.10. The van der Waals surface area contributed by atoms with E-state index < -0.39 is 11.8 Å². The van der Waals surface area contributed by atoms with Crippen LogP contribution in [0.3, 0.4) is 0 Å². The van der Waals surface area contributed by atoms with Gasteiger partial charge in [-0.3, -0.25) is 19.8 Å². The van der Waals surface area contributed by atoms with E-state index in [-0.39, 0.29) is 10.7 Å². The van der Waals surface area contributed by atoms with Gasteiger partial charge in [0.25, 0.3) is 11.8 Å². The lowest BCUT2D eigenvalue weighted by atomic mass is 10.1. The van der Waals surface area contributed by atoms with Crippen LogP contribution in [0.25, 0.3) is 17.4 Å². The van der Waals surface area contributed by atoms with Gasteiger partial charge in [0.2, 0.25) is 0 Å². The lowest BCUT2D eigenvalue weighted by Crippen LogP contribution is -2.54. The van der Waals surface area contributed by atoms with Crippen LogP contribution < -0.4 is 10.2 Å². The minimum atomic E-state index is -0.554. The predicted octanol–water partition coefficient (Wildman–Crippen LogP) is 4.85. The summed E-state index contributed by atoms with van der Waals surface area (Å²) in [5.74, 6) is -0.0318. The van der Waals surface area contributed by atoms with Crippen molar-refractivity contribution in [2.75, 3.05) is 4.90 Å². The number of furan rings is 1. The van der Waals surface area contributed by atoms with Gasteiger partial charge < -0.3 is 4.42 Å². The van der Waals surface area contributed by atoms with Crippen LogP contribution in [0, 0.1) is 6.92 Å². The summed E-state index contributed by atoms with van der Waals surface area (Å²) in [6.07, 6.45) is 1.43. The Bertz CT molecular complexity index is 1170. The van der Waals surface area contributed by atoms with Crippen LogP contribution in [0.5, 0.6) is 0 Å². The first-order valence-corrected chi connectivity index (χ1v) is 9.97. The number of anilines is 1. The van der Waals surface area contributed by atoms with Gasteiger partial charge in [0.05, 0.1) is 5.69 Å². The molecule has 5 nitrogen and oxygen atoms in total. The number of nitrogens with zero attached hydrogens (tertiary/aromatic N) is 1. The Morgan fingerprint density at radius 2 is 1.83 bits per heavy atom. The third kappa shape index (κ3) is 3.79. The average Bonchev–Trinajstić information content (AvgIpc) is 3.14. The van der Waals surface area contributed by atoms with Gasteiger partial charge in [-0.15, -0.1) is 0 Å². The lowest BCUT2D eigenvalue weighted by Gasteiger charge is -2.28. The molecule has 0 aliphatic carbocycles.